The molecule has 2 nitrogen and oxygen atoms in total. The van der Waals surface area contributed by atoms with Crippen LogP contribution in [0.25, 0.3) is 0 Å². The summed E-state index contributed by atoms with van der Waals surface area (Å²) in [5, 5.41) is 0. The van der Waals surface area contributed by atoms with Crippen LogP contribution in [0.2, 0.25) is 0 Å². The third-order valence-corrected chi connectivity index (χ3v) is 7.43. The van der Waals surface area contributed by atoms with Crippen LogP contribution in [-0.2, 0) is 24.0 Å². The Balaban J connectivity index is 1.42. The molecule has 0 amide bonds. The Bertz CT molecular complexity index is 1020. The van der Waals surface area contributed by atoms with E-state index in [9.17, 15) is 13.2 Å². The largest absolute Gasteiger partial charge is 0.485 e. The Morgan fingerprint density at radius 1 is 0.914 bits per heavy atom. The van der Waals surface area contributed by atoms with Gasteiger partial charge in [0.25, 0.3) is 0 Å². The molecule has 0 bridgehead atoms. The first-order chi connectivity index (χ1) is 16.9. The van der Waals surface area contributed by atoms with Gasteiger partial charge in [-0.15, -0.1) is 0 Å². The minimum Gasteiger partial charge on any atom is -0.485 e. The zero-order chi connectivity index (χ0) is 24.9. The van der Waals surface area contributed by atoms with E-state index in [0.717, 1.165) is 44.9 Å². The maximum Gasteiger partial charge on any atom is 0.191 e. The van der Waals surface area contributed by atoms with Gasteiger partial charge in [0.15, 0.2) is 29.0 Å². The molecule has 192 valence electrons. The summed E-state index contributed by atoms with van der Waals surface area (Å²) in [4.78, 5) is 0. The fourth-order valence-electron chi connectivity index (χ4n) is 5.23. The quantitative estimate of drug-likeness (QED) is 0.170. The van der Waals surface area contributed by atoms with E-state index in [0.29, 0.717) is 36.0 Å². The van der Waals surface area contributed by atoms with Crippen molar-refractivity contribution in [2.45, 2.75) is 103 Å². The van der Waals surface area contributed by atoms with Crippen LogP contribution in [0, 0.1) is 23.3 Å². The van der Waals surface area contributed by atoms with Crippen LogP contribution in [-0.4, -0.2) is 18.8 Å². The van der Waals surface area contributed by atoms with Crippen molar-refractivity contribution in [1.82, 2.24) is 0 Å². The second kappa shape index (κ2) is 11.8. The molecule has 4 rings (SSSR count). The molecule has 2 aromatic carbocycles. The van der Waals surface area contributed by atoms with Gasteiger partial charge in [0.2, 0.25) is 0 Å². The molecule has 0 spiro atoms. The molecule has 0 N–H and O–H groups in total. The monoisotopic (exact) mass is 492 g/mol. The van der Waals surface area contributed by atoms with Gasteiger partial charge in [-0.2, -0.15) is 0 Å². The standard InChI is InChI=1S/C29H36F4O2/c1-3-5-7-8-9-18-11-13-21(27(32)26(18)31)19-12-14-22-20(15-19)16-23(30)29(28(22)33)34-17-25-24(35-25)10-6-4-2/h11,13,16,19,24-25H,3-10,12,14-15,17H2,1-2H3. The van der Waals surface area contributed by atoms with Crippen LogP contribution in [0.5, 0.6) is 5.75 Å². The van der Waals surface area contributed by atoms with Gasteiger partial charge in [0, 0.05) is 0 Å². The number of unbranched alkanes of at least 4 members (excludes halogenated alkanes) is 4. The molecular formula is C29H36F4O2. The summed E-state index contributed by atoms with van der Waals surface area (Å²) in [6, 6.07) is 4.61. The third-order valence-electron chi connectivity index (χ3n) is 7.43. The average molecular weight is 493 g/mol. The van der Waals surface area contributed by atoms with E-state index in [1.165, 1.54) is 6.07 Å². The van der Waals surface area contributed by atoms with Crippen LogP contribution in [0.3, 0.4) is 0 Å². The average Bonchev–Trinajstić information content (AvgIpc) is 3.60. The number of hydrogen-bond donors (Lipinski definition) is 0. The van der Waals surface area contributed by atoms with E-state index in [2.05, 4.69) is 13.8 Å². The molecule has 0 saturated carbocycles. The van der Waals surface area contributed by atoms with Crippen molar-refractivity contribution >= 4 is 0 Å². The van der Waals surface area contributed by atoms with Gasteiger partial charge in [-0.3, -0.25) is 0 Å². The predicted molar refractivity (Wildman–Crippen MR) is 129 cm³/mol. The molecule has 35 heavy (non-hydrogen) atoms. The van der Waals surface area contributed by atoms with Crippen LogP contribution < -0.4 is 4.74 Å². The van der Waals surface area contributed by atoms with E-state index >= 15 is 4.39 Å². The zero-order valence-electron chi connectivity index (χ0n) is 20.8. The maximum absolute atomic E-state index is 15.1. The first kappa shape index (κ1) is 26.0. The lowest BCUT2D eigenvalue weighted by atomic mass is 9.79. The zero-order valence-corrected chi connectivity index (χ0v) is 20.8. The fourth-order valence-corrected chi connectivity index (χ4v) is 5.23. The summed E-state index contributed by atoms with van der Waals surface area (Å²) >= 11 is 0. The number of epoxide rings is 1. The minimum atomic E-state index is -0.825. The number of fused-ring (bicyclic) bond motifs is 1. The molecular weight excluding hydrogens is 456 g/mol. The molecule has 3 unspecified atom stereocenters. The Kier molecular flexibility index (Phi) is 8.74. The SMILES string of the molecule is CCCCCCc1ccc(C2CCc3c(cc(F)c(OCC4OC4CCCC)c3F)C2)c(F)c1F. The van der Waals surface area contributed by atoms with Crippen LogP contribution >= 0.6 is 0 Å². The van der Waals surface area contributed by atoms with Gasteiger partial charge in [0.05, 0.1) is 6.10 Å². The van der Waals surface area contributed by atoms with E-state index in [4.69, 9.17) is 9.47 Å². The molecule has 3 atom stereocenters. The number of ether oxygens (including phenoxy) is 2. The van der Waals surface area contributed by atoms with Gasteiger partial charge in [0.1, 0.15) is 12.7 Å². The maximum atomic E-state index is 15.1. The van der Waals surface area contributed by atoms with E-state index in [1.54, 1.807) is 12.1 Å². The fraction of sp³-hybridized carbons (Fsp3) is 0.586. The highest BCUT2D eigenvalue weighted by molar-refractivity contribution is 5.43. The van der Waals surface area contributed by atoms with Gasteiger partial charge < -0.3 is 9.47 Å². The van der Waals surface area contributed by atoms with E-state index in [-0.39, 0.29) is 42.5 Å². The summed E-state index contributed by atoms with van der Waals surface area (Å²) in [6.45, 7) is 4.33. The van der Waals surface area contributed by atoms with Crippen LogP contribution in [0.4, 0.5) is 17.6 Å². The predicted octanol–water partition coefficient (Wildman–Crippen LogP) is 7.97. The lowest BCUT2D eigenvalue weighted by molar-refractivity contribution is 0.240. The Morgan fingerprint density at radius 2 is 1.71 bits per heavy atom. The molecule has 0 aromatic heterocycles. The van der Waals surface area contributed by atoms with Crippen molar-refractivity contribution in [1.29, 1.82) is 0 Å². The molecule has 1 heterocycles. The van der Waals surface area contributed by atoms with Crippen molar-refractivity contribution in [2.75, 3.05) is 6.61 Å². The normalized spacial score (nSPS) is 21.1. The van der Waals surface area contributed by atoms with E-state index in [1.807, 2.05) is 0 Å². The van der Waals surface area contributed by atoms with Crippen molar-refractivity contribution in [3.05, 3.63) is 63.7 Å². The van der Waals surface area contributed by atoms with Gasteiger partial charge in [-0.1, -0.05) is 58.1 Å². The third kappa shape index (κ3) is 6.02. The van der Waals surface area contributed by atoms with Crippen molar-refractivity contribution in [3.63, 3.8) is 0 Å². The smallest absolute Gasteiger partial charge is 0.191 e. The number of hydrogen-bond acceptors (Lipinski definition) is 2. The number of aryl methyl sites for hydroxylation is 1. The molecule has 2 aliphatic rings. The molecule has 6 heteroatoms. The van der Waals surface area contributed by atoms with E-state index < -0.39 is 23.3 Å². The molecule has 1 aliphatic heterocycles. The molecule has 1 fully saturated rings. The Hall–Kier alpha value is -2.08. The lowest BCUT2D eigenvalue weighted by Crippen LogP contribution is -2.18. The molecule has 1 saturated heterocycles. The Labute approximate surface area is 206 Å². The Morgan fingerprint density at radius 3 is 2.49 bits per heavy atom. The molecule has 0 radical (unpaired) electrons. The highest BCUT2D eigenvalue weighted by Crippen LogP contribution is 2.39. The highest BCUT2D eigenvalue weighted by Gasteiger charge is 2.39. The first-order valence-electron chi connectivity index (χ1n) is 13.2. The number of rotatable bonds is 12. The topological polar surface area (TPSA) is 21.8 Å². The van der Waals surface area contributed by atoms with Gasteiger partial charge >= 0.3 is 0 Å². The molecule has 2 aromatic rings. The summed E-state index contributed by atoms with van der Waals surface area (Å²) in [5.41, 5.74) is 1.59. The van der Waals surface area contributed by atoms with Crippen molar-refractivity contribution < 1.29 is 27.0 Å². The lowest BCUT2D eigenvalue weighted by Gasteiger charge is -2.27. The van der Waals surface area contributed by atoms with Crippen LogP contribution in [0.15, 0.2) is 18.2 Å². The van der Waals surface area contributed by atoms with Crippen molar-refractivity contribution in [2.24, 2.45) is 0 Å². The van der Waals surface area contributed by atoms with Gasteiger partial charge in [-0.25, -0.2) is 17.6 Å². The summed E-state index contributed by atoms with van der Waals surface area (Å²) < 4.78 is 70.6. The first-order valence-corrected chi connectivity index (χ1v) is 13.2. The second-order valence-corrected chi connectivity index (χ2v) is 10.00. The van der Waals surface area contributed by atoms with Crippen molar-refractivity contribution in [3.8, 4) is 5.75 Å². The number of benzene rings is 2. The summed E-state index contributed by atoms with van der Waals surface area (Å²) in [6.07, 6.45) is 8.60. The summed E-state index contributed by atoms with van der Waals surface area (Å²) in [5.74, 6) is -3.74. The van der Waals surface area contributed by atoms with Crippen LogP contribution in [0.1, 0.15) is 93.4 Å². The summed E-state index contributed by atoms with van der Waals surface area (Å²) in [7, 11) is 0. The molecule has 1 aliphatic carbocycles. The highest BCUT2D eigenvalue weighted by atomic mass is 19.2. The number of halogens is 4. The second-order valence-electron chi connectivity index (χ2n) is 10.00. The minimum absolute atomic E-state index is 0.109. The van der Waals surface area contributed by atoms with Gasteiger partial charge in [-0.05, 0) is 72.8 Å².